The lowest BCUT2D eigenvalue weighted by atomic mass is 10.1. The third kappa shape index (κ3) is 3.28. The lowest BCUT2D eigenvalue weighted by Crippen LogP contribution is -2.00. The molecule has 0 atom stereocenters. The van der Waals surface area contributed by atoms with Gasteiger partial charge in [0.25, 0.3) is 0 Å². The summed E-state index contributed by atoms with van der Waals surface area (Å²) in [6.07, 6.45) is 5.01. The Bertz CT molecular complexity index is 804. The van der Waals surface area contributed by atoms with Crippen molar-refractivity contribution in [1.29, 1.82) is 0 Å². The number of hydrogen-bond acceptors (Lipinski definition) is 5. The van der Waals surface area contributed by atoms with E-state index >= 15 is 0 Å². The van der Waals surface area contributed by atoms with Crippen LogP contribution in [0.4, 0.5) is 16.0 Å². The molecule has 3 rings (SSSR count). The SMILES string of the molecule is CCOc1ccc(-c2nc(Nc3cn[nH]c3)ncc2C)cc1F. The Morgan fingerprint density at radius 3 is 2.87 bits per heavy atom. The van der Waals surface area contributed by atoms with E-state index in [0.717, 1.165) is 11.3 Å². The number of aromatic amines is 1. The third-order valence-corrected chi connectivity index (χ3v) is 3.23. The van der Waals surface area contributed by atoms with Crippen molar-refractivity contribution in [2.24, 2.45) is 0 Å². The summed E-state index contributed by atoms with van der Waals surface area (Å²) in [5.74, 6) is 0.243. The van der Waals surface area contributed by atoms with E-state index in [0.29, 0.717) is 23.8 Å². The number of hydrogen-bond donors (Lipinski definition) is 2. The number of aryl methyl sites for hydroxylation is 1. The standard InChI is InChI=1S/C16H16FN5O/c1-3-23-14-5-4-11(6-13(14)17)15-10(2)7-18-16(22-15)21-12-8-19-20-9-12/h4-9H,3H2,1-2H3,(H,19,20)(H,18,21,22). The van der Waals surface area contributed by atoms with Crippen molar-refractivity contribution in [3.05, 3.63) is 48.2 Å². The van der Waals surface area contributed by atoms with Gasteiger partial charge in [-0.05, 0) is 37.6 Å². The van der Waals surface area contributed by atoms with Crippen molar-refractivity contribution in [3.63, 3.8) is 0 Å². The monoisotopic (exact) mass is 313 g/mol. The molecular weight excluding hydrogens is 297 g/mol. The number of benzene rings is 1. The maximum absolute atomic E-state index is 14.1. The van der Waals surface area contributed by atoms with Gasteiger partial charge in [-0.2, -0.15) is 5.10 Å². The molecule has 23 heavy (non-hydrogen) atoms. The molecule has 0 saturated heterocycles. The first kappa shape index (κ1) is 15.0. The molecule has 3 aromatic rings. The highest BCUT2D eigenvalue weighted by Crippen LogP contribution is 2.27. The quantitative estimate of drug-likeness (QED) is 0.754. The summed E-state index contributed by atoms with van der Waals surface area (Å²) < 4.78 is 19.3. The fourth-order valence-electron chi connectivity index (χ4n) is 2.16. The van der Waals surface area contributed by atoms with Crippen molar-refractivity contribution in [3.8, 4) is 17.0 Å². The van der Waals surface area contributed by atoms with E-state index in [1.807, 2.05) is 13.8 Å². The van der Waals surface area contributed by atoms with E-state index in [-0.39, 0.29) is 5.75 Å². The van der Waals surface area contributed by atoms with Crippen molar-refractivity contribution < 1.29 is 9.13 Å². The summed E-state index contributed by atoms with van der Waals surface area (Å²) in [6, 6.07) is 4.81. The van der Waals surface area contributed by atoms with Crippen LogP contribution in [0.5, 0.6) is 5.75 Å². The number of aromatic nitrogens is 4. The van der Waals surface area contributed by atoms with Crippen LogP contribution in [0, 0.1) is 12.7 Å². The predicted octanol–water partition coefficient (Wildman–Crippen LogP) is 3.46. The van der Waals surface area contributed by atoms with Crippen LogP contribution in [0.1, 0.15) is 12.5 Å². The average molecular weight is 313 g/mol. The molecular formula is C16H16FN5O. The summed E-state index contributed by atoms with van der Waals surface area (Å²) in [5, 5.41) is 9.58. The zero-order chi connectivity index (χ0) is 16.2. The number of H-pyrrole nitrogens is 1. The van der Waals surface area contributed by atoms with Crippen LogP contribution in [0.15, 0.2) is 36.8 Å². The number of nitrogens with zero attached hydrogens (tertiary/aromatic N) is 3. The van der Waals surface area contributed by atoms with Gasteiger partial charge in [0.05, 0.1) is 24.2 Å². The van der Waals surface area contributed by atoms with Gasteiger partial charge in [-0.1, -0.05) is 0 Å². The van der Waals surface area contributed by atoms with Crippen molar-refractivity contribution in [1.82, 2.24) is 20.2 Å². The van der Waals surface area contributed by atoms with Gasteiger partial charge < -0.3 is 10.1 Å². The van der Waals surface area contributed by atoms with Crippen LogP contribution in [0.2, 0.25) is 0 Å². The third-order valence-electron chi connectivity index (χ3n) is 3.23. The van der Waals surface area contributed by atoms with Gasteiger partial charge in [0, 0.05) is 18.0 Å². The lowest BCUT2D eigenvalue weighted by Gasteiger charge is -2.10. The Morgan fingerprint density at radius 1 is 1.30 bits per heavy atom. The normalized spacial score (nSPS) is 10.6. The smallest absolute Gasteiger partial charge is 0.227 e. The van der Waals surface area contributed by atoms with E-state index in [9.17, 15) is 4.39 Å². The summed E-state index contributed by atoms with van der Waals surface area (Å²) in [4.78, 5) is 8.69. The lowest BCUT2D eigenvalue weighted by molar-refractivity contribution is 0.321. The minimum Gasteiger partial charge on any atom is -0.491 e. The van der Waals surface area contributed by atoms with Gasteiger partial charge in [0.15, 0.2) is 11.6 Å². The van der Waals surface area contributed by atoms with Gasteiger partial charge >= 0.3 is 0 Å². The average Bonchev–Trinajstić information content (AvgIpc) is 3.04. The molecule has 0 radical (unpaired) electrons. The van der Waals surface area contributed by atoms with Gasteiger partial charge in [0.1, 0.15) is 0 Å². The first-order valence-electron chi connectivity index (χ1n) is 7.19. The Hall–Kier alpha value is -2.96. The van der Waals surface area contributed by atoms with Crippen LogP contribution >= 0.6 is 0 Å². The number of rotatable bonds is 5. The molecule has 0 aliphatic carbocycles. The molecule has 118 valence electrons. The Kier molecular flexibility index (Phi) is 4.18. The molecule has 0 aliphatic heterocycles. The van der Waals surface area contributed by atoms with Crippen LogP contribution in [0.25, 0.3) is 11.3 Å². The number of anilines is 2. The van der Waals surface area contributed by atoms with Crippen LogP contribution in [0.3, 0.4) is 0 Å². The molecule has 0 aliphatic rings. The van der Waals surface area contributed by atoms with E-state index in [4.69, 9.17) is 4.74 Å². The highest BCUT2D eigenvalue weighted by atomic mass is 19.1. The Morgan fingerprint density at radius 2 is 2.17 bits per heavy atom. The number of ether oxygens (including phenoxy) is 1. The molecule has 7 heteroatoms. The topological polar surface area (TPSA) is 75.7 Å². The van der Waals surface area contributed by atoms with E-state index in [2.05, 4.69) is 25.5 Å². The zero-order valence-electron chi connectivity index (χ0n) is 12.8. The first-order valence-corrected chi connectivity index (χ1v) is 7.19. The number of nitrogens with one attached hydrogen (secondary N) is 2. The fourth-order valence-corrected chi connectivity index (χ4v) is 2.16. The highest BCUT2D eigenvalue weighted by molar-refractivity contribution is 5.65. The van der Waals surface area contributed by atoms with Crippen LogP contribution in [-0.4, -0.2) is 26.8 Å². The van der Waals surface area contributed by atoms with Crippen molar-refractivity contribution in [2.75, 3.05) is 11.9 Å². The molecule has 0 spiro atoms. The molecule has 0 saturated carbocycles. The molecule has 6 nitrogen and oxygen atoms in total. The summed E-state index contributed by atoms with van der Waals surface area (Å²) in [5.41, 5.74) is 2.93. The molecule has 0 amide bonds. The summed E-state index contributed by atoms with van der Waals surface area (Å²) in [7, 11) is 0. The van der Waals surface area contributed by atoms with E-state index in [1.54, 1.807) is 30.7 Å². The van der Waals surface area contributed by atoms with Crippen LogP contribution < -0.4 is 10.1 Å². The molecule has 0 unspecified atom stereocenters. The minimum atomic E-state index is -0.410. The second kappa shape index (κ2) is 6.43. The zero-order valence-corrected chi connectivity index (χ0v) is 12.8. The predicted molar refractivity (Wildman–Crippen MR) is 85.2 cm³/mol. The number of halogens is 1. The Balaban J connectivity index is 1.94. The van der Waals surface area contributed by atoms with E-state index in [1.165, 1.54) is 6.07 Å². The fraction of sp³-hybridized carbons (Fsp3) is 0.188. The van der Waals surface area contributed by atoms with Gasteiger partial charge in [-0.25, -0.2) is 14.4 Å². The second-order valence-electron chi connectivity index (χ2n) is 4.92. The van der Waals surface area contributed by atoms with Crippen molar-refractivity contribution >= 4 is 11.6 Å². The highest BCUT2D eigenvalue weighted by Gasteiger charge is 2.11. The van der Waals surface area contributed by atoms with Gasteiger partial charge in [0.2, 0.25) is 5.95 Å². The van der Waals surface area contributed by atoms with Crippen LogP contribution in [-0.2, 0) is 0 Å². The molecule has 1 aromatic carbocycles. The molecule has 2 heterocycles. The summed E-state index contributed by atoms with van der Waals surface area (Å²) in [6.45, 7) is 4.11. The largest absolute Gasteiger partial charge is 0.491 e. The van der Waals surface area contributed by atoms with E-state index < -0.39 is 5.82 Å². The molecule has 0 fully saturated rings. The second-order valence-corrected chi connectivity index (χ2v) is 4.92. The maximum Gasteiger partial charge on any atom is 0.227 e. The summed E-state index contributed by atoms with van der Waals surface area (Å²) >= 11 is 0. The molecule has 2 N–H and O–H groups in total. The maximum atomic E-state index is 14.1. The van der Waals surface area contributed by atoms with Gasteiger partial charge in [-0.3, -0.25) is 5.10 Å². The van der Waals surface area contributed by atoms with Gasteiger partial charge in [-0.15, -0.1) is 0 Å². The molecule has 0 bridgehead atoms. The first-order chi connectivity index (χ1) is 11.2. The van der Waals surface area contributed by atoms with Crippen molar-refractivity contribution in [2.45, 2.75) is 13.8 Å². The molecule has 2 aromatic heterocycles. The minimum absolute atomic E-state index is 0.236. The Labute approximate surface area is 132 Å².